The van der Waals surface area contributed by atoms with E-state index in [1.54, 1.807) is 0 Å². The van der Waals surface area contributed by atoms with E-state index in [0.29, 0.717) is 0 Å². The van der Waals surface area contributed by atoms with Crippen molar-refractivity contribution in [3.8, 4) is 22.3 Å². The zero-order chi connectivity index (χ0) is 30.3. The SMILES string of the molecule is Cl.Cl.[CH3-].[CH3-].[Si]=[Zr].c1cc(-c2cccc3c2[nH]c2ccccc23)c2cc(C3CC3)[cH-]c2c1.c1ccc(-c2cccc3[cH-]c(C4CC4)cc23)cc1. The van der Waals surface area contributed by atoms with Gasteiger partial charge in [-0.15, -0.1) is 93.9 Å². The van der Waals surface area contributed by atoms with Gasteiger partial charge in [-0.2, -0.15) is 12.1 Å². The van der Waals surface area contributed by atoms with Crippen molar-refractivity contribution in [1.29, 1.82) is 0 Å². The van der Waals surface area contributed by atoms with Crippen molar-refractivity contribution in [2.75, 3.05) is 0 Å². The Balaban J connectivity index is 0.000000203. The third-order valence-electron chi connectivity index (χ3n) is 9.56. The molecule has 0 spiro atoms. The minimum atomic E-state index is 0. The van der Waals surface area contributed by atoms with Crippen molar-refractivity contribution >= 4 is 75.0 Å². The number of hydrogen-bond acceptors (Lipinski definition) is 0. The zero-order valence-corrected chi connectivity index (χ0v) is 33.1. The molecule has 7 aromatic carbocycles. The largest absolute Gasteiger partial charge is 0.354 e. The predicted octanol–water partition coefficient (Wildman–Crippen LogP) is 13.2. The summed E-state index contributed by atoms with van der Waals surface area (Å²) in [7, 11) is 0. The fraction of sp³-hybridized carbons (Fsp3) is 0.136. The fourth-order valence-electron chi connectivity index (χ4n) is 7.02. The van der Waals surface area contributed by atoms with Crippen LogP contribution in [-0.4, -0.2) is 11.9 Å². The summed E-state index contributed by atoms with van der Waals surface area (Å²) in [6.45, 7) is 3.06. The molecule has 5 heteroatoms. The van der Waals surface area contributed by atoms with Crippen molar-refractivity contribution < 1.29 is 23.3 Å². The Kier molecular flexibility index (Phi) is 13.1. The van der Waals surface area contributed by atoms with E-state index in [2.05, 4.69) is 145 Å². The number of H-pyrrole nitrogens is 1. The average molecular weight is 774 g/mol. The number of nitrogens with one attached hydrogen (secondary N) is 1. The molecule has 1 nitrogen and oxygen atoms in total. The Morgan fingerprint density at radius 1 is 0.510 bits per heavy atom. The molecule has 2 aliphatic carbocycles. The molecule has 1 heterocycles. The Bertz CT molecular complexity index is 2290. The summed E-state index contributed by atoms with van der Waals surface area (Å²) in [4.78, 5) is 3.65. The van der Waals surface area contributed by atoms with Crippen molar-refractivity contribution in [2.45, 2.75) is 37.5 Å². The van der Waals surface area contributed by atoms with Gasteiger partial charge in [-0.1, -0.05) is 90.0 Å². The maximum absolute atomic E-state index is 3.65. The minimum absolute atomic E-state index is 0. The molecule has 2 aliphatic rings. The van der Waals surface area contributed by atoms with E-state index in [1.807, 2.05) is 0 Å². The Morgan fingerprint density at radius 3 is 1.61 bits per heavy atom. The summed E-state index contributed by atoms with van der Waals surface area (Å²) in [5.74, 6) is 1.63. The molecule has 248 valence electrons. The number of fused-ring (bicyclic) bond motifs is 5. The van der Waals surface area contributed by atoms with Gasteiger partial charge in [0, 0.05) is 16.3 Å². The van der Waals surface area contributed by atoms with Crippen LogP contribution in [0, 0.1) is 14.9 Å². The normalized spacial score (nSPS) is 13.1. The van der Waals surface area contributed by atoms with E-state index in [-0.39, 0.29) is 39.7 Å². The number of halogens is 2. The van der Waals surface area contributed by atoms with E-state index in [9.17, 15) is 0 Å². The first-order valence-electron chi connectivity index (χ1n) is 16.0. The molecule has 2 radical (unpaired) electrons. The molecule has 0 unspecified atom stereocenters. The molecule has 1 N–H and O–H groups in total. The quantitative estimate of drug-likeness (QED) is 0.135. The number of rotatable bonds is 4. The topological polar surface area (TPSA) is 15.8 Å². The van der Waals surface area contributed by atoms with Gasteiger partial charge in [0.2, 0.25) is 0 Å². The number of aromatic nitrogens is 1. The van der Waals surface area contributed by atoms with Gasteiger partial charge in [0.05, 0.1) is 5.52 Å². The maximum Gasteiger partial charge on any atom is 0.0536 e. The van der Waals surface area contributed by atoms with E-state index >= 15 is 0 Å². The third kappa shape index (κ3) is 7.62. The van der Waals surface area contributed by atoms with Crippen LogP contribution in [0.25, 0.3) is 65.6 Å². The third-order valence-corrected chi connectivity index (χ3v) is 9.56. The van der Waals surface area contributed by atoms with Gasteiger partial charge in [0.15, 0.2) is 0 Å². The van der Waals surface area contributed by atoms with E-state index in [4.69, 9.17) is 0 Å². The van der Waals surface area contributed by atoms with Crippen LogP contribution in [0.15, 0.2) is 133 Å². The molecule has 0 bridgehead atoms. The second kappa shape index (κ2) is 16.7. The van der Waals surface area contributed by atoms with Gasteiger partial charge in [-0.25, -0.2) is 0 Å². The first-order valence-corrected chi connectivity index (χ1v) is 20.2. The Morgan fingerprint density at radius 2 is 1.00 bits per heavy atom. The summed E-state index contributed by atoms with van der Waals surface area (Å²) < 4.78 is 0. The monoisotopic (exact) mass is 771 g/mol. The summed E-state index contributed by atoms with van der Waals surface area (Å²) in [6, 6.07) is 48.8. The summed E-state index contributed by atoms with van der Waals surface area (Å²) >= 11 is 1.36. The zero-order valence-electron chi connectivity index (χ0n) is 28.0. The Hall–Kier alpha value is -3.20. The molecular formula is C44H41Cl2NSiZr-4. The van der Waals surface area contributed by atoms with Crippen LogP contribution in [-0.2, 0) is 23.3 Å². The first kappa shape index (κ1) is 38.6. The molecule has 49 heavy (non-hydrogen) atoms. The first-order chi connectivity index (χ1) is 22.3. The molecule has 2 saturated carbocycles. The van der Waals surface area contributed by atoms with Crippen LogP contribution in [0.3, 0.4) is 0 Å². The van der Waals surface area contributed by atoms with E-state index in [0.717, 1.165) is 11.8 Å². The standard InChI is InChI=1S/C24H18N.C18H15.2CH3.2ClH.Si.Zr/c1-2-10-23-19(6-1)21-9-4-8-20(24(21)25-23)18-7-3-5-16-13-17(14-22(16)18)15-11-12-15;1-2-5-14(6-3-1)17-8-4-7-15-11-16(12-18(15)17)13-9-10-13;;;;;;/h1-10,13-15,25H,11-12H2;1-8,11-13H,9-10H2;2*1H3;2*1H;;/q4*-1;;;;. The summed E-state index contributed by atoms with van der Waals surface area (Å²) in [5, 5.41) is 8.15. The van der Waals surface area contributed by atoms with Gasteiger partial charge in [-0.05, 0) is 54.7 Å². The second-order valence-electron chi connectivity index (χ2n) is 12.5. The number of hydrogen-bond donors (Lipinski definition) is 1. The molecule has 0 atom stereocenters. The van der Waals surface area contributed by atoms with E-state index in [1.165, 1.54) is 126 Å². The smallest absolute Gasteiger partial charge is 0.0536 e. The molecular weight excluding hydrogens is 733 g/mol. The van der Waals surface area contributed by atoms with Crippen molar-refractivity contribution in [1.82, 2.24) is 4.98 Å². The van der Waals surface area contributed by atoms with E-state index < -0.39 is 0 Å². The van der Waals surface area contributed by atoms with Crippen LogP contribution in [0.2, 0.25) is 0 Å². The van der Waals surface area contributed by atoms with Crippen LogP contribution < -0.4 is 0 Å². The Labute approximate surface area is 320 Å². The molecule has 0 aliphatic heterocycles. The second-order valence-corrected chi connectivity index (χ2v) is 12.5. The fourth-order valence-corrected chi connectivity index (χ4v) is 7.02. The number of benzene rings is 5. The van der Waals surface area contributed by atoms with Gasteiger partial charge >= 0.3 is 30.2 Å². The molecule has 0 saturated heterocycles. The summed E-state index contributed by atoms with van der Waals surface area (Å²) in [5.41, 5.74) is 10.8. The maximum atomic E-state index is 3.65. The average Bonchev–Trinajstić information content (AvgIpc) is 4.01. The van der Waals surface area contributed by atoms with Crippen molar-refractivity contribution in [3.63, 3.8) is 0 Å². The van der Waals surface area contributed by atoms with Gasteiger partial charge in [0.1, 0.15) is 0 Å². The van der Waals surface area contributed by atoms with Crippen molar-refractivity contribution in [2.24, 2.45) is 0 Å². The number of aromatic amines is 1. The molecule has 8 aromatic rings. The molecule has 10 rings (SSSR count). The number of para-hydroxylation sites is 2. The minimum Gasteiger partial charge on any atom is -0.354 e. The van der Waals surface area contributed by atoms with Crippen LogP contribution in [0.4, 0.5) is 0 Å². The van der Waals surface area contributed by atoms with Crippen LogP contribution >= 0.6 is 24.8 Å². The molecule has 0 amide bonds. The van der Waals surface area contributed by atoms with Gasteiger partial charge in [0.25, 0.3) is 0 Å². The van der Waals surface area contributed by atoms with Gasteiger partial charge in [-0.3, -0.25) is 0 Å². The van der Waals surface area contributed by atoms with Crippen LogP contribution in [0.5, 0.6) is 0 Å². The summed E-state index contributed by atoms with van der Waals surface area (Å²) in [6.07, 6.45) is 5.44. The van der Waals surface area contributed by atoms with Crippen molar-refractivity contribution in [3.05, 3.63) is 159 Å². The molecule has 1 aromatic heterocycles. The molecule has 2 fully saturated rings. The predicted molar refractivity (Wildman–Crippen MR) is 216 cm³/mol. The van der Waals surface area contributed by atoms with Gasteiger partial charge < -0.3 is 19.8 Å². The van der Waals surface area contributed by atoms with Crippen LogP contribution in [0.1, 0.15) is 48.6 Å².